The summed E-state index contributed by atoms with van der Waals surface area (Å²) < 4.78 is 11.3. The van der Waals surface area contributed by atoms with Gasteiger partial charge in [-0.25, -0.2) is 15.0 Å². The molecule has 0 N–H and O–H groups in total. The molecule has 0 aliphatic heterocycles. The Morgan fingerprint density at radius 1 is 0.431 bits per heavy atom. The van der Waals surface area contributed by atoms with E-state index in [4.69, 9.17) is 19.4 Å². The summed E-state index contributed by atoms with van der Waals surface area (Å²) in [6, 6.07) is 54.9. The molecule has 0 fully saturated rings. The second-order valence-electron chi connectivity index (χ2n) is 12.8. The van der Waals surface area contributed by atoms with E-state index in [1.54, 1.807) is 11.3 Å². The highest BCUT2D eigenvalue weighted by Gasteiger charge is 2.19. The van der Waals surface area contributed by atoms with Gasteiger partial charge < -0.3 is 8.98 Å². The summed E-state index contributed by atoms with van der Waals surface area (Å²) >= 11 is 1.80. The van der Waals surface area contributed by atoms with E-state index in [0.717, 1.165) is 44.3 Å². The molecule has 11 rings (SSSR count). The van der Waals surface area contributed by atoms with E-state index >= 15 is 0 Å². The number of rotatable bonds is 4. The molecule has 6 heteroatoms. The first-order valence-corrected chi connectivity index (χ1v) is 17.8. The van der Waals surface area contributed by atoms with Crippen molar-refractivity contribution in [2.75, 3.05) is 0 Å². The Kier molecular flexibility index (Phi) is 6.05. The standard InChI is InChI=1S/C45H26N4OS/c1-3-11-27(12-4-1)43-46-44(28-13-5-2-6-14-28)48-45(47-43)29-19-24-40-35(25-29)33-22-23-38-41(42(33)51-40)34-21-20-30(26-39(34)50-38)49-36-17-9-7-15-31(36)32-16-8-10-18-37(32)49/h1-26H. The van der Waals surface area contributed by atoms with Crippen molar-refractivity contribution >= 4 is 75.3 Å². The number of nitrogens with zero attached hydrogens (tertiary/aromatic N) is 4. The molecule has 0 radical (unpaired) electrons. The van der Waals surface area contributed by atoms with Gasteiger partial charge in [0.15, 0.2) is 17.5 Å². The highest BCUT2D eigenvalue weighted by Crippen LogP contribution is 2.44. The van der Waals surface area contributed by atoms with Crippen molar-refractivity contribution in [3.63, 3.8) is 0 Å². The smallest absolute Gasteiger partial charge is 0.164 e. The first-order valence-electron chi connectivity index (χ1n) is 16.9. The van der Waals surface area contributed by atoms with E-state index in [-0.39, 0.29) is 0 Å². The predicted molar refractivity (Wildman–Crippen MR) is 211 cm³/mol. The minimum atomic E-state index is 0.649. The van der Waals surface area contributed by atoms with E-state index in [9.17, 15) is 0 Å². The van der Waals surface area contributed by atoms with Gasteiger partial charge in [0, 0.05) is 70.2 Å². The molecule has 0 unspecified atom stereocenters. The lowest BCUT2D eigenvalue weighted by Gasteiger charge is -2.08. The Morgan fingerprint density at radius 2 is 1.02 bits per heavy atom. The highest BCUT2D eigenvalue weighted by atomic mass is 32.1. The third-order valence-corrected chi connectivity index (χ3v) is 11.1. The molecular weight excluding hydrogens is 645 g/mol. The molecule has 0 bridgehead atoms. The van der Waals surface area contributed by atoms with Crippen molar-refractivity contribution < 1.29 is 4.42 Å². The first-order chi connectivity index (χ1) is 25.3. The predicted octanol–water partition coefficient (Wildman–Crippen LogP) is 12.2. The van der Waals surface area contributed by atoms with Crippen molar-refractivity contribution in [1.29, 1.82) is 0 Å². The number of para-hydroxylation sites is 2. The van der Waals surface area contributed by atoms with Gasteiger partial charge in [0.25, 0.3) is 0 Å². The lowest BCUT2D eigenvalue weighted by atomic mass is 10.1. The van der Waals surface area contributed by atoms with Gasteiger partial charge in [-0.2, -0.15) is 0 Å². The summed E-state index contributed by atoms with van der Waals surface area (Å²) in [6.45, 7) is 0. The van der Waals surface area contributed by atoms with E-state index in [1.165, 1.54) is 42.0 Å². The van der Waals surface area contributed by atoms with E-state index in [0.29, 0.717) is 17.5 Å². The maximum absolute atomic E-state index is 6.59. The molecule has 11 aromatic rings. The topological polar surface area (TPSA) is 56.7 Å². The second-order valence-corrected chi connectivity index (χ2v) is 13.9. The van der Waals surface area contributed by atoms with Crippen LogP contribution in [0.2, 0.25) is 0 Å². The van der Waals surface area contributed by atoms with Gasteiger partial charge >= 0.3 is 0 Å². The Hall–Kier alpha value is -6.63. The average molecular weight is 671 g/mol. The fourth-order valence-corrected chi connectivity index (χ4v) is 8.73. The molecule has 238 valence electrons. The van der Waals surface area contributed by atoms with Gasteiger partial charge in [-0.3, -0.25) is 0 Å². The fourth-order valence-electron chi connectivity index (χ4n) is 7.50. The van der Waals surface area contributed by atoms with E-state index in [1.807, 2.05) is 60.7 Å². The zero-order valence-corrected chi connectivity index (χ0v) is 27.9. The molecule has 5 nitrogen and oxygen atoms in total. The highest BCUT2D eigenvalue weighted by molar-refractivity contribution is 7.26. The lowest BCUT2D eigenvalue weighted by Crippen LogP contribution is -2.00. The van der Waals surface area contributed by atoms with Crippen LogP contribution in [0.5, 0.6) is 0 Å². The molecule has 0 atom stereocenters. The SMILES string of the molecule is c1ccc(-c2nc(-c3ccccc3)nc(-c3ccc4sc5c(ccc6oc7cc(-n8c9ccccc9c9ccccc98)ccc7c65)c4c3)n2)cc1. The van der Waals surface area contributed by atoms with Crippen LogP contribution < -0.4 is 0 Å². The summed E-state index contributed by atoms with van der Waals surface area (Å²) in [4.78, 5) is 14.8. The molecule has 51 heavy (non-hydrogen) atoms. The lowest BCUT2D eigenvalue weighted by molar-refractivity contribution is 0.669. The van der Waals surface area contributed by atoms with Gasteiger partial charge in [-0.05, 0) is 54.6 Å². The van der Waals surface area contributed by atoms with Crippen LogP contribution in [0.3, 0.4) is 0 Å². The number of aromatic nitrogens is 4. The van der Waals surface area contributed by atoms with Gasteiger partial charge in [0.2, 0.25) is 0 Å². The molecule has 0 amide bonds. The number of fused-ring (bicyclic) bond motifs is 10. The number of furan rings is 1. The minimum absolute atomic E-state index is 0.649. The van der Waals surface area contributed by atoms with Crippen molar-refractivity contribution in [2.45, 2.75) is 0 Å². The normalized spacial score (nSPS) is 11.9. The second kappa shape index (κ2) is 10.9. The van der Waals surface area contributed by atoms with Crippen molar-refractivity contribution in [1.82, 2.24) is 19.5 Å². The summed E-state index contributed by atoms with van der Waals surface area (Å²) in [5, 5.41) is 7.12. The Morgan fingerprint density at radius 3 is 1.69 bits per heavy atom. The Balaban J connectivity index is 1.07. The van der Waals surface area contributed by atoms with Gasteiger partial charge in [0.1, 0.15) is 11.2 Å². The minimum Gasteiger partial charge on any atom is -0.456 e. The van der Waals surface area contributed by atoms with Crippen LogP contribution in [0.1, 0.15) is 0 Å². The molecule has 0 saturated carbocycles. The van der Waals surface area contributed by atoms with Crippen LogP contribution in [-0.2, 0) is 0 Å². The number of thiophene rings is 1. The van der Waals surface area contributed by atoms with E-state index in [2.05, 4.69) is 102 Å². The van der Waals surface area contributed by atoms with Gasteiger partial charge in [-0.15, -0.1) is 11.3 Å². The Bertz CT molecular complexity index is 3030. The summed E-state index contributed by atoms with van der Waals surface area (Å²) in [7, 11) is 0. The van der Waals surface area contributed by atoms with Crippen LogP contribution in [0, 0.1) is 0 Å². The van der Waals surface area contributed by atoms with Gasteiger partial charge in [0.05, 0.1) is 11.0 Å². The number of benzene rings is 7. The summed E-state index contributed by atoms with van der Waals surface area (Å²) in [6.07, 6.45) is 0. The summed E-state index contributed by atoms with van der Waals surface area (Å²) in [5.41, 5.74) is 8.07. The van der Waals surface area contributed by atoms with E-state index < -0.39 is 0 Å². The van der Waals surface area contributed by atoms with Crippen molar-refractivity contribution in [2.24, 2.45) is 0 Å². The molecule has 0 saturated heterocycles. The van der Waals surface area contributed by atoms with Crippen LogP contribution in [-0.4, -0.2) is 19.5 Å². The van der Waals surface area contributed by atoms with Crippen molar-refractivity contribution in [3.05, 3.63) is 158 Å². The summed E-state index contributed by atoms with van der Waals surface area (Å²) in [5.74, 6) is 1.96. The van der Waals surface area contributed by atoms with Crippen molar-refractivity contribution in [3.8, 4) is 39.9 Å². The molecule has 0 spiro atoms. The van der Waals surface area contributed by atoms with Gasteiger partial charge in [-0.1, -0.05) is 97.1 Å². The first kappa shape index (κ1) is 28.2. The third-order valence-electron chi connectivity index (χ3n) is 9.85. The maximum Gasteiger partial charge on any atom is 0.164 e. The Labute approximate surface area is 295 Å². The molecule has 4 heterocycles. The molecule has 4 aromatic heterocycles. The largest absolute Gasteiger partial charge is 0.456 e. The number of hydrogen-bond donors (Lipinski definition) is 0. The molecule has 7 aromatic carbocycles. The number of hydrogen-bond acceptors (Lipinski definition) is 5. The van der Waals surface area contributed by atoms with Crippen LogP contribution in [0.25, 0.3) is 104 Å². The third kappa shape index (κ3) is 4.37. The monoisotopic (exact) mass is 670 g/mol. The molecular formula is C45H26N4OS. The molecule has 0 aliphatic carbocycles. The maximum atomic E-state index is 6.59. The zero-order chi connectivity index (χ0) is 33.5. The van der Waals surface area contributed by atoms with Crippen LogP contribution >= 0.6 is 11.3 Å². The quantitative estimate of drug-likeness (QED) is 0.187. The van der Waals surface area contributed by atoms with Crippen LogP contribution in [0.4, 0.5) is 0 Å². The average Bonchev–Trinajstić information content (AvgIpc) is 3.87. The fraction of sp³-hybridized carbons (Fsp3) is 0. The van der Waals surface area contributed by atoms with Crippen LogP contribution in [0.15, 0.2) is 162 Å². The molecule has 0 aliphatic rings. The zero-order valence-electron chi connectivity index (χ0n) is 27.1.